The summed E-state index contributed by atoms with van der Waals surface area (Å²) in [5.41, 5.74) is 2.00. The van der Waals surface area contributed by atoms with Gasteiger partial charge in [-0.15, -0.1) is 0 Å². The van der Waals surface area contributed by atoms with E-state index in [-0.39, 0.29) is 11.9 Å². The van der Waals surface area contributed by atoms with Crippen molar-refractivity contribution in [2.45, 2.75) is 19.4 Å². The van der Waals surface area contributed by atoms with E-state index in [2.05, 4.69) is 28.2 Å². The van der Waals surface area contributed by atoms with Crippen LogP contribution in [0.4, 0.5) is 4.39 Å². The molecular weight excluding hydrogens is 333 g/mol. The Kier molecular flexibility index (Phi) is 5.76. The van der Waals surface area contributed by atoms with E-state index in [9.17, 15) is 4.39 Å². The standard InChI is InChI=1S/C17H19BrFNO/c1-3-10-20-17(12-4-7-14(21-2)8-5-12)13-6-9-15(18)16(19)11-13/h4-9,11,17,20H,3,10H2,1-2H3. The molecule has 0 aliphatic heterocycles. The lowest BCUT2D eigenvalue weighted by Gasteiger charge is -2.20. The van der Waals surface area contributed by atoms with Crippen LogP contribution in [0.1, 0.15) is 30.5 Å². The monoisotopic (exact) mass is 351 g/mol. The van der Waals surface area contributed by atoms with Gasteiger partial charge >= 0.3 is 0 Å². The predicted octanol–water partition coefficient (Wildman–Crippen LogP) is 4.69. The number of hydrogen-bond donors (Lipinski definition) is 1. The molecule has 2 nitrogen and oxygen atoms in total. The second kappa shape index (κ2) is 7.57. The number of nitrogens with one attached hydrogen (secondary N) is 1. The van der Waals surface area contributed by atoms with Crippen LogP contribution < -0.4 is 10.1 Å². The summed E-state index contributed by atoms with van der Waals surface area (Å²) in [6, 6.07) is 13.1. The Labute approximate surface area is 133 Å². The second-order valence-electron chi connectivity index (χ2n) is 4.83. The van der Waals surface area contributed by atoms with Gasteiger partial charge in [-0.1, -0.05) is 25.1 Å². The molecule has 0 spiro atoms. The minimum Gasteiger partial charge on any atom is -0.497 e. The molecule has 0 saturated heterocycles. The number of halogens is 2. The van der Waals surface area contributed by atoms with Gasteiger partial charge in [0, 0.05) is 0 Å². The highest BCUT2D eigenvalue weighted by Gasteiger charge is 2.15. The van der Waals surface area contributed by atoms with E-state index in [0.29, 0.717) is 4.47 Å². The maximum absolute atomic E-state index is 13.8. The third-order valence-corrected chi connectivity index (χ3v) is 3.97. The molecule has 0 aliphatic rings. The fourth-order valence-electron chi connectivity index (χ4n) is 2.21. The van der Waals surface area contributed by atoms with E-state index < -0.39 is 0 Å². The molecule has 0 bridgehead atoms. The van der Waals surface area contributed by atoms with E-state index in [1.807, 2.05) is 30.3 Å². The third kappa shape index (κ3) is 4.05. The quantitative estimate of drug-likeness (QED) is 0.815. The molecule has 4 heteroatoms. The summed E-state index contributed by atoms with van der Waals surface area (Å²) in [6.45, 7) is 2.98. The Morgan fingerprint density at radius 2 is 1.81 bits per heavy atom. The molecule has 1 atom stereocenters. The predicted molar refractivity (Wildman–Crippen MR) is 87.2 cm³/mol. The Morgan fingerprint density at radius 1 is 1.14 bits per heavy atom. The zero-order valence-corrected chi connectivity index (χ0v) is 13.8. The molecule has 0 fully saturated rings. The van der Waals surface area contributed by atoms with Crippen LogP contribution in [0.2, 0.25) is 0 Å². The average molecular weight is 352 g/mol. The molecule has 0 radical (unpaired) electrons. The van der Waals surface area contributed by atoms with Crippen molar-refractivity contribution in [3.8, 4) is 5.75 Å². The van der Waals surface area contributed by atoms with E-state index in [0.717, 1.165) is 29.8 Å². The van der Waals surface area contributed by atoms with Crippen molar-refractivity contribution in [2.75, 3.05) is 13.7 Å². The molecule has 1 N–H and O–H groups in total. The molecule has 0 saturated carbocycles. The largest absolute Gasteiger partial charge is 0.497 e. The van der Waals surface area contributed by atoms with Crippen LogP contribution in [-0.4, -0.2) is 13.7 Å². The minimum atomic E-state index is -0.246. The molecule has 2 aromatic carbocycles. The third-order valence-electron chi connectivity index (χ3n) is 3.32. The van der Waals surface area contributed by atoms with Crippen molar-refractivity contribution in [3.63, 3.8) is 0 Å². The van der Waals surface area contributed by atoms with Gasteiger partial charge in [-0.2, -0.15) is 0 Å². The molecule has 0 amide bonds. The maximum atomic E-state index is 13.8. The lowest BCUT2D eigenvalue weighted by atomic mass is 9.98. The van der Waals surface area contributed by atoms with E-state index in [1.54, 1.807) is 19.2 Å². The van der Waals surface area contributed by atoms with Crippen LogP contribution in [0.5, 0.6) is 5.75 Å². The number of hydrogen-bond acceptors (Lipinski definition) is 2. The van der Waals surface area contributed by atoms with Crippen LogP contribution in [-0.2, 0) is 0 Å². The van der Waals surface area contributed by atoms with Crippen molar-refractivity contribution < 1.29 is 9.13 Å². The summed E-state index contributed by atoms with van der Waals surface area (Å²) in [7, 11) is 1.64. The lowest BCUT2D eigenvalue weighted by Crippen LogP contribution is -2.23. The summed E-state index contributed by atoms with van der Waals surface area (Å²) >= 11 is 3.19. The Hall–Kier alpha value is -1.39. The van der Waals surface area contributed by atoms with Gasteiger partial charge in [0.1, 0.15) is 11.6 Å². The topological polar surface area (TPSA) is 21.3 Å². The summed E-state index contributed by atoms with van der Waals surface area (Å²) in [6.07, 6.45) is 1.02. The average Bonchev–Trinajstić information content (AvgIpc) is 2.51. The van der Waals surface area contributed by atoms with Crippen LogP contribution in [0, 0.1) is 5.82 Å². The smallest absolute Gasteiger partial charge is 0.137 e. The highest BCUT2D eigenvalue weighted by molar-refractivity contribution is 9.10. The van der Waals surface area contributed by atoms with Crippen molar-refractivity contribution in [3.05, 3.63) is 63.9 Å². The van der Waals surface area contributed by atoms with Gasteiger partial charge in [-0.25, -0.2) is 4.39 Å². The number of rotatable bonds is 6. The van der Waals surface area contributed by atoms with E-state index >= 15 is 0 Å². The van der Waals surface area contributed by atoms with E-state index in [1.165, 1.54) is 0 Å². The first-order chi connectivity index (χ1) is 10.2. The fourth-order valence-corrected chi connectivity index (χ4v) is 2.45. The van der Waals surface area contributed by atoms with Gasteiger partial charge < -0.3 is 10.1 Å². The van der Waals surface area contributed by atoms with Gasteiger partial charge in [0.05, 0.1) is 17.6 Å². The van der Waals surface area contributed by atoms with Crippen LogP contribution in [0.15, 0.2) is 46.9 Å². The first kappa shape index (κ1) is 16.0. The normalized spacial score (nSPS) is 12.2. The summed E-state index contributed by atoms with van der Waals surface area (Å²) in [5.74, 6) is 0.569. The van der Waals surface area contributed by atoms with Crippen LogP contribution >= 0.6 is 15.9 Å². The summed E-state index contributed by atoms with van der Waals surface area (Å²) in [4.78, 5) is 0. The molecule has 21 heavy (non-hydrogen) atoms. The van der Waals surface area contributed by atoms with Crippen molar-refractivity contribution >= 4 is 15.9 Å². The summed E-state index contributed by atoms with van der Waals surface area (Å²) in [5, 5.41) is 3.46. The highest BCUT2D eigenvalue weighted by atomic mass is 79.9. The van der Waals surface area contributed by atoms with Crippen molar-refractivity contribution in [1.82, 2.24) is 5.32 Å². The Morgan fingerprint density at radius 3 is 2.38 bits per heavy atom. The maximum Gasteiger partial charge on any atom is 0.137 e. The fraction of sp³-hybridized carbons (Fsp3) is 0.294. The Bertz CT molecular complexity index is 586. The van der Waals surface area contributed by atoms with Crippen molar-refractivity contribution in [1.29, 1.82) is 0 Å². The first-order valence-corrected chi connectivity index (χ1v) is 7.77. The van der Waals surface area contributed by atoms with Crippen molar-refractivity contribution in [2.24, 2.45) is 0 Å². The van der Waals surface area contributed by atoms with Gasteiger partial charge in [-0.3, -0.25) is 0 Å². The highest BCUT2D eigenvalue weighted by Crippen LogP contribution is 2.27. The Balaban J connectivity index is 2.33. The lowest BCUT2D eigenvalue weighted by molar-refractivity contribution is 0.414. The molecule has 0 heterocycles. The van der Waals surface area contributed by atoms with Gasteiger partial charge in [0.2, 0.25) is 0 Å². The van der Waals surface area contributed by atoms with Crippen LogP contribution in [0.25, 0.3) is 0 Å². The SMILES string of the molecule is CCCNC(c1ccc(OC)cc1)c1ccc(Br)c(F)c1. The number of ether oxygens (including phenoxy) is 1. The number of methoxy groups -OCH3 is 1. The second-order valence-corrected chi connectivity index (χ2v) is 5.69. The zero-order chi connectivity index (χ0) is 15.2. The van der Waals surface area contributed by atoms with Gasteiger partial charge in [-0.05, 0) is 64.3 Å². The molecule has 112 valence electrons. The summed E-state index contributed by atoms with van der Waals surface area (Å²) < 4.78 is 19.5. The molecule has 0 aliphatic carbocycles. The van der Waals surface area contributed by atoms with Gasteiger partial charge in [0.25, 0.3) is 0 Å². The first-order valence-electron chi connectivity index (χ1n) is 6.98. The zero-order valence-electron chi connectivity index (χ0n) is 12.2. The van der Waals surface area contributed by atoms with Crippen LogP contribution in [0.3, 0.4) is 0 Å². The molecular formula is C17H19BrFNO. The molecule has 1 unspecified atom stereocenters. The van der Waals surface area contributed by atoms with E-state index in [4.69, 9.17) is 4.74 Å². The number of benzene rings is 2. The molecule has 2 aromatic rings. The minimum absolute atomic E-state index is 0.0292. The molecule has 2 rings (SSSR count). The van der Waals surface area contributed by atoms with Gasteiger partial charge in [0.15, 0.2) is 0 Å². The molecule has 0 aromatic heterocycles.